The highest BCUT2D eigenvalue weighted by Gasteiger charge is 2.51. The van der Waals surface area contributed by atoms with Crippen LogP contribution in [-0.2, 0) is 5.41 Å². The molecule has 15 rings (SSSR count). The van der Waals surface area contributed by atoms with Crippen molar-refractivity contribution in [3.8, 4) is 78.7 Å². The minimum absolute atomic E-state index is 0.426. The van der Waals surface area contributed by atoms with E-state index < -0.39 is 5.41 Å². The van der Waals surface area contributed by atoms with Gasteiger partial charge in [-0.3, -0.25) is 0 Å². The zero-order valence-corrected chi connectivity index (χ0v) is 37.8. The van der Waals surface area contributed by atoms with Crippen LogP contribution < -0.4 is 0 Å². The largest absolute Gasteiger partial charge is 0.456 e. The fourth-order valence-electron chi connectivity index (χ4n) is 11.6. The predicted molar refractivity (Wildman–Crippen MR) is 283 cm³/mol. The quantitative estimate of drug-likeness (QED) is 0.173. The van der Waals surface area contributed by atoms with Crippen LogP contribution in [-0.4, -0.2) is 15.0 Å². The summed E-state index contributed by atoms with van der Waals surface area (Å²) in [7, 11) is 0. The molecule has 0 bridgehead atoms. The molecule has 13 aromatic rings. The van der Waals surface area contributed by atoms with Crippen molar-refractivity contribution in [1.82, 2.24) is 15.0 Å². The fraction of sp³-hybridized carbons (Fsp3) is 0.0156. The Morgan fingerprint density at radius 1 is 0.304 bits per heavy atom. The second-order valence-corrected chi connectivity index (χ2v) is 19.3. The minimum Gasteiger partial charge on any atom is -0.456 e. The van der Waals surface area contributed by atoms with Crippen LogP contribution in [0.3, 0.4) is 0 Å². The first-order valence-corrected chi connectivity index (χ1v) is 24.2. The summed E-state index contributed by atoms with van der Waals surface area (Å²) < 4.78 is 9.13. The molecular formula is C64H37N3OS. The summed E-state index contributed by atoms with van der Waals surface area (Å²) in [5.41, 5.74) is 18.9. The normalized spacial score (nSPS) is 13.0. The monoisotopic (exact) mass is 895 g/mol. The average molecular weight is 896 g/mol. The zero-order valence-electron chi connectivity index (χ0n) is 37.0. The molecule has 1 spiro atoms. The molecule has 0 radical (unpaired) electrons. The Morgan fingerprint density at radius 2 is 0.841 bits per heavy atom. The molecule has 10 aromatic carbocycles. The van der Waals surface area contributed by atoms with Crippen molar-refractivity contribution in [2.75, 3.05) is 0 Å². The summed E-state index contributed by atoms with van der Waals surface area (Å²) in [6, 6.07) is 80.9. The average Bonchev–Trinajstić information content (AvgIpc) is 4.16. The molecule has 2 aliphatic rings. The summed E-state index contributed by atoms with van der Waals surface area (Å²) in [4.78, 5) is 15.9. The van der Waals surface area contributed by atoms with Gasteiger partial charge in [-0.05, 0) is 109 Å². The van der Waals surface area contributed by atoms with Gasteiger partial charge >= 0.3 is 0 Å². The lowest BCUT2D eigenvalue weighted by molar-refractivity contribution is 0.669. The molecule has 0 N–H and O–H groups in total. The topological polar surface area (TPSA) is 51.8 Å². The van der Waals surface area contributed by atoms with Crippen molar-refractivity contribution in [3.05, 3.63) is 247 Å². The number of aromatic nitrogens is 3. The third-order valence-electron chi connectivity index (χ3n) is 14.6. The maximum absolute atomic E-state index is 6.68. The van der Waals surface area contributed by atoms with Crippen LogP contribution in [0.1, 0.15) is 22.3 Å². The third kappa shape index (κ3) is 5.59. The van der Waals surface area contributed by atoms with E-state index in [1.54, 1.807) is 11.3 Å². The number of benzene rings is 10. The van der Waals surface area contributed by atoms with E-state index in [0.717, 1.165) is 60.9 Å². The molecule has 0 saturated carbocycles. The molecule has 3 aromatic heterocycles. The maximum atomic E-state index is 6.68. The lowest BCUT2D eigenvalue weighted by atomic mass is 9.70. The second kappa shape index (κ2) is 14.6. The summed E-state index contributed by atoms with van der Waals surface area (Å²) >= 11 is 1.79. The molecule has 0 saturated heterocycles. The number of fused-ring (bicyclic) bond motifs is 16. The molecule has 320 valence electrons. The van der Waals surface area contributed by atoms with Crippen LogP contribution >= 0.6 is 11.3 Å². The molecule has 2 aliphatic carbocycles. The van der Waals surface area contributed by atoms with Gasteiger partial charge in [0.2, 0.25) is 0 Å². The van der Waals surface area contributed by atoms with E-state index >= 15 is 0 Å². The Hall–Kier alpha value is -8.77. The standard InChI is InChI=1S/C64H37N3OS/c1-2-14-38(15-3-1)39-16-12-17-42(34-39)61-65-62(43-29-32-49-48-21-7-11-27-58(48)69-59(49)37-43)67-63(66-61)50-22-13-26-57-60(50)51-35-40(30-33-56(51)68-57)41-28-31-47-46-20-6-10-25-54(46)64(55(47)36-41)52-23-8-4-18-44(52)45-19-5-9-24-53(45)64/h1-37H. The van der Waals surface area contributed by atoms with Gasteiger partial charge in [0.05, 0.1) is 5.41 Å². The van der Waals surface area contributed by atoms with Crippen molar-refractivity contribution < 1.29 is 4.42 Å². The lowest BCUT2D eigenvalue weighted by Crippen LogP contribution is -2.25. The van der Waals surface area contributed by atoms with Crippen LogP contribution in [0.4, 0.5) is 0 Å². The number of furan rings is 1. The number of hydrogen-bond donors (Lipinski definition) is 0. The van der Waals surface area contributed by atoms with Crippen molar-refractivity contribution in [2.45, 2.75) is 5.41 Å². The van der Waals surface area contributed by atoms with Crippen LogP contribution in [0.5, 0.6) is 0 Å². The van der Waals surface area contributed by atoms with Gasteiger partial charge in [-0.2, -0.15) is 0 Å². The molecular weight excluding hydrogens is 859 g/mol. The number of thiophene rings is 1. The first kappa shape index (κ1) is 38.3. The van der Waals surface area contributed by atoms with Gasteiger partial charge < -0.3 is 4.42 Å². The molecule has 0 amide bonds. The van der Waals surface area contributed by atoms with E-state index in [-0.39, 0.29) is 0 Å². The fourth-order valence-corrected chi connectivity index (χ4v) is 12.7. The molecule has 0 aliphatic heterocycles. The highest BCUT2D eigenvalue weighted by atomic mass is 32.1. The number of rotatable bonds is 5. The minimum atomic E-state index is -0.426. The van der Waals surface area contributed by atoms with Gasteiger partial charge in [0, 0.05) is 47.6 Å². The van der Waals surface area contributed by atoms with E-state index in [2.05, 4.69) is 206 Å². The highest BCUT2D eigenvalue weighted by Crippen LogP contribution is 2.63. The molecule has 5 heteroatoms. The molecule has 3 heterocycles. The van der Waals surface area contributed by atoms with Gasteiger partial charge in [-0.15, -0.1) is 11.3 Å². The maximum Gasteiger partial charge on any atom is 0.164 e. The number of hydrogen-bond acceptors (Lipinski definition) is 5. The van der Waals surface area contributed by atoms with Gasteiger partial charge in [0.15, 0.2) is 17.5 Å². The molecule has 0 fully saturated rings. The SMILES string of the molecule is c1ccc(-c2cccc(-c3nc(-c4ccc5c(c4)sc4ccccc45)nc(-c4cccc5oc6ccc(-c7ccc8c(c7)C7(c9ccccc9-c9ccccc97)c7ccccc7-8)cc6c45)n3)c2)cc1. The van der Waals surface area contributed by atoms with E-state index in [1.165, 1.54) is 64.7 Å². The summed E-state index contributed by atoms with van der Waals surface area (Å²) in [5, 5.41) is 4.47. The van der Waals surface area contributed by atoms with Crippen LogP contribution in [0.25, 0.3) is 121 Å². The molecule has 69 heavy (non-hydrogen) atoms. The van der Waals surface area contributed by atoms with Crippen molar-refractivity contribution in [1.29, 1.82) is 0 Å². The van der Waals surface area contributed by atoms with Crippen LogP contribution in [0.2, 0.25) is 0 Å². The Bertz CT molecular complexity index is 4210. The third-order valence-corrected chi connectivity index (χ3v) is 15.7. The predicted octanol–water partition coefficient (Wildman–Crippen LogP) is 16.8. The second-order valence-electron chi connectivity index (χ2n) is 18.2. The summed E-state index contributed by atoms with van der Waals surface area (Å²) in [6.45, 7) is 0. The molecule has 4 nitrogen and oxygen atoms in total. The first-order chi connectivity index (χ1) is 34.2. The zero-order chi connectivity index (χ0) is 45.2. The van der Waals surface area contributed by atoms with Gasteiger partial charge in [0.1, 0.15) is 11.2 Å². The van der Waals surface area contributed by atoms with E-state index in [4.69, 9.17) is 19.4 Å². The Kier molecular flexibility index (Phi) is 8.12. The van der Waals surface area contributed by atoms with E-state index in [0.29, 0.717) is 17.5 Å². The molecule has 0 atom stereocenters. The van der Waals surface area contributed by atoms with E-state index in [9.17, 15) is 0 Å². The van der Waals surface area contributed by atoms with Crippen molar-refractivity contribution in [2.24, 2.45) is 0 Å². The van der Waals surface area contributed by atoms with Crippen molar-refractivity contribution in [3.63, 3.8) is 0 Å². The van der Waals surface area contributed by atoms with E-state index in [1.807, 2.05) is 18.2 Å². The lowest BCUT2D eigenvalue weighted by Gasteiger charge is -2.30. The van der Waals surface area contributed by atoms with Gasteiger partial charge in [0.25, 0.3) is 0 Å². The first-order valence-electron chi connectivity index (χ1n) is 23.4. The van der Waals surface area contributed by atoms with Crippen LogP contribution in [0, 0.1) is 0 Å². The Morgan fingerprint density at radius 3 is 1.61 bits per heavy atom. The van der Waals surface area contributed by atoms with Gasteiger partial charge in [-0.25, -0.2) is 15.0 Å². The number of nitrogens with zero attached hydrogens (tertiary/aromatic N) is 3. The summed E-state index contributed by atoms with van der Waals surface area (Å²) in [5.74, 6) is 1.82. The summed E-state index contributed by atoms with van der Waals surface area (Å²) in [6.07, 6.45) is 0. The van der Waals surface area contributed by atoms with Crippen molar-refractivity contribution >= 4 is 53.4 Å². The highest BCUT2D eigenvalue weighted by molar-refractivity contribution is 7.25. The molecule has 0 unspecified atom stereocenters. The smallest absolute Gasteiger partial charge is 0.164 e. The van der Waals surface area contributed by atoms with Gasteiger partial charge in [-0.1, -0.05) is 182 Å². The van der Waals surface area contributed by atoms with Crippen LogP contribution in [0.15, 0.2) is 229 Å². The Labute approximate surface area is 401 Å². The Balaban J connectivity index is 0.916.